The molecule has 2 fully saturated rings. The average Bonchev–Trinajstić information content (AvgIpc) is 3.50. The predicted molar refractivity (Wildman–Crippen MR) is 107 cm³/mol. The van der Waals surface area contributed by atoms with Gasteiger partial charge in [0.1, 0.15) is 17.5 Å². The minimum absolute atomic E-state index is 0.106. The molecule has 2 saturated carbocycles. The number of anilines is 2. The fourth-order valence-corrected chi connectivity index (χ4v) is 3.70. The lowest BCUT2D eigenvalue weighted by Crippen LogP contribution is -2.40. The molecule has 4 rings (SSSR count). The number of amides is 1. The first-order chi connectivity index (χ1) is 14.4. The molecule has 0 unspecified atom stereocenters. The molecule has 2 aliphatic rings. The number of hydrogen-bond donors (Lipinski definition) is 3. The molecule has 0 aliphatic heterocycles. The summed E-state index contributed by atoms with van der Waals surface area (Å²) in [5.74, 6) is -2.63. The zero-order chi connectivity index (χ0) is 21.3. The van der Waals surface area contributed by atoms with Crippen molar-refractivity contribution in [2.75, 3.05) is 10.6 Å². The second-order valence-electron chi connectivity index (χ2n) is 8.02. The number of carbonyl (C=O) groups excluding carboxylic acids is 1. The lowest BCUT2D eigenvalue weighted by Gasteiger charge is -2.30. The van der Waals surface area contributed by atoms with Crippen LogP contribution in [0.3, 0.4) is 0 Å². The molecule has 6 nitrogen and oxygen atoms in total. The van der Waals surface area contributed by atoms with E-state index in [9.17, 15) is 18.0 Å². The zero-order valence-corrected chi connectivity index (χ0v) is 16.6. The SMILES string of the molecule is Cc1nc(NC2CCC(NC(=O)c3cc(F)c(F)c(F)c3)CC2)cc(NC2CC2)n1. The number of aromatic nitrogens is 2. The zero-order valence-electron chi connectivity index (χ0n) is 16.6. The standard InChI is InChI=1S/C21H24F3N5O/c1-11-25-18(27-13-2-3-13)10-19(26-11)28-14-4-6-15(7-5-14)29-21(30)12-8-16(22)20(24)17(23)9-12/h8-10,13-15H,2-7H2,1H3,(H,29,30)(H2,25,26,27,28). The number of benzene rings is 1. The highest BCUT2D eigenvalue weighted by Gasteiger charge is 2.25. The molecule has 30 heavy (non-hydrogen) atoms. The number of aryl methyl sites for hydroxylation is 1. The minimum atomic E-state index is -1.58. The van der Waals surface area contributed by atoms with Crippen LogP contribution >= 0.6 is 0 Å². The lowest BCUT2D eigenvalue weighted by atomic mass is 9.91. The first kappa shape index (κ1) is 20.4. The van der Waals surface area contributed by atoms with E-state index in [2.05, 4.69) is 25.9 Å². The summed E-state index contributed by atoms with van der Waals surface area (Å²) in [6.07, 6.45) is 5.38. The predicted octanol–water partition coefficient (Wildman–Crippen LogP) is 3.93. The van der Waals surface area contributed by atoms with Crippen LogP contribution in [0.15, 0.2) is 18.2 Å². The summed E-state index contributed by atoms with van der Waals surface area (Å²) in [5.41, 5.74) is -0.223. The van der Waals surface area contributed by atoms with Crippen LogP contribution in [0.25, 0.3) is 0 Å². The number of nitrogens with one attached hydrogen (secondary N) is 3. The van der Waals surface area contributed by atoms with Crippen molar-refractivity contribution < 1.29 is 18.0 Å². The van der Waals surface area contributed by atoms with Gasteiger partial charge in [-0.15, -0.1) is 0 Å². The van der Waals surface area contributed by atoms with Crippen LogP contribution in [-0.4, -0.2) is 34.0 Å². The summed E-state index contributed by atoms with van der Waals surface area (Å²) in [4.78, 5) is 21.1. The van der Waals surface area contributed by atoms with Crippen molar-refractivity contribution in [1.29, 1.82) is 0 Å². The largest absolute Gasteiger partial charge is 0.367 e. The van der Waals surface area contributed by atoms with Crippen molar-refractivity contribution in [3.05, 3.63) is 47.0 Å². The van der Waals surface area contributed by atoms with Crippen molar-refractivity contribution in [3.8, 4) is 0 Å². The van der Waals surface area contributed by atoms with E-state index in [4.69, 9.17) is 0 Å². The number of carbonyl (C=O) groups is 1. The second-order valence-corrected chi connectivity index (χ2v) is 8.02. The summed E-state index contributed by atoms with van der Waals surface area (Å²) < 4.78 is 39.8. The van der Waals surface area contributed by atoms with E-state index in [1.807, 2.05) is 13.0 Å². The third-order valence-electron chi connectivity index (χ3n) is 5.43. The Balaban J connectivity index is 1.30. The highest BCUT2D eigenvalue weighted by molar-refractivity contribution is 5.94. The van der Waals surface area contributed by atoms with E-state index < -0.39 is 23.4 Å². The maximum absolute atomic E-state index is 13.3. The van der Waals surface area contributed by atoms with E-state index in [1.165, 1.54) is 12.8 Å². The molecule has 2 aromatic rings. The summed E-state index contributed by atoms with van der Waals surface area (Å²) in [7, 11) is 0. The minimum Gasteiger partial charge on any atom is -0.367 e. The topological polar surface area (TPSA) is 78.9 Å². The Morgan fingerprint density at radius 1 is 0.833 bits per heavy atom. The Morgan fingerprint density at radius 3 is 1.80 bits per heavy atom. The molecule has 0 bridgehead atoms. The van der Waals surface area contributed by atoms with Crippen LogP contribution in [0.5, 0.6) is 0 Å². The molecular formula is C21H24F3N5O. The van der Waals surface area contributed by atoms with Crippen LogP contribution in [0, 0.1) is 24.4 Å². The monoisotopic (exact) mass is 419 g/mol. The molecule has 3 N–H and O–H groups in total. The van der Waals surface area contributed by atoms with Crippen LogP contribution in [-0.2, 0) is 0 Å². The quantitative estimate of drug-likeness (QED) is 0.619. The highest BCUT2D eigenvalue weighted by Crippen LogP contribution is 2.26. The van der Waals surface area contributed by atoms with Crippen LogP contribution < -0.4 is 16.0 Å². The molecule has 2 aliphatic carbocycles. The molecule has 0 radical (unpaired) electrons. The Labute approximate surface area is 172 Å². The summed E-state index contributed by atoms with van der Waals surface area (Å²) >= 11 is 0. The summed E-state index contributed by atoms with van der Waals surface area (Å²) in [5, 5.41) is 9.59. The molecule has 9 heteroatoms. The lowest BCUT2D eigenvalue weighted by molar-refractivity contribution is 0.0925. The number of halogens is 3. The van der Waals surface area contributed by atoms with Gasteiger partial charge >= 0.3 is 0 Å². The summed E-state index contributed by atoms with van der Waals surface area (Å²) in [6.45, 7) is 1.86. The molecular weight excluding hydrogens is 395 g/mol. The van der Waals surface area contributed by atoms with Crippen molar-refractivity contribution in [1.82, 2.24) is 15.3 Å². The fraction of sp³-hybridized carbons (Fsp3) is 0.476. The Morgan fingerprint density at radius 2 is 1.30 bits per heavy atom. The molecule has 1 aromatic carbocycles. The van der Waals surface area contributed by atoms with Gasteiger partial charge in [-0.1, -0.05) is 0 Å². The molecule has 1 amide bonds. The van der Waals surface area contributed by atoms with Gasteiger partial charge in [-0.3, -0.25) is 4.79 Å². The van der Waals surface area contributed by atoms with E-state index >= 15 is 0 Å². The van der Waals surface area contributed by atoms with Gasteiger partial charge in [-0.05, 0) is 57.6 Å². The van der Waals surface area contributed by atoms with E-state index in [-0.39, 0.29) is 17.6 Å². The highest BCUT2D eigenvalue weighted by atomic mass is 19.2. The first-order valence-electron chi connectivity index (χ1n) is 10.2. The van der Waals surface area contributed by atoms with Gasteiger partial charge in [0, 0.05) is 29.8 Å². The average molecular weight is 419 g/mol. The van der Waals surface area contributed by atoms with Crippen LogP contribution in [0.4, 0.5) is 24.8 Å². The smallest absolute Gasteiger partial charge is 0.251 e. The van der Waals surface area contributed by atoms with Crippen LogP contribution in [0.2, 0.25) is 0 Å². The Bertz CT molecular complexity index is 919. The number of rotatable bonds is 6. The van der Waals surface area contributed by atoms with Gasteiger partial charge in [-0.25, -0.2) is 23.1 Å². The molecule has 0 atom stereocenters. The van der Waals surface area contributed by atoms with Crippen molar-refractivity contribution in [3.63, 3.8) is 0 Å². The van der Waals surface area contributed by atoms with Crippen LogP contribution in [0.1, 0.15) is 54.7 Å². The molecule has 1 aromatic heterocycles. The molecule has 160 valence electrons. The number of nitrogens with zero attached hydrogens (tertiary/aromatic N) is 2. The molecule has 0 spiro atoms. The van der Waals surface area contributed by atoms with Gasteiger partial charge in [0.25, 0.3) is 5.91 Å². The van der Waals surface area contributed by atoms with E-state index in [0.29, 0.717) is 36.8 Å². The van der Waals surface area contributed by atoms with Gasteiger partial charge in [0.05, 0.1) is 0 Å². The van der Waals surface area contributed by atoms with Gasteiger partial charge in [0.2, 0.25) is 0 Å². The van der Waals surface area contributed by atoms with E-state index in [1.54, 1.807) is 0 Å². The Hall–Kier alpha value is -2.84. The fourth-order valence-electron chi connectivity index (χ4n) is 3.70. The van der Waals surface area contributed by atoms with E-state index in [0.717, 1.165) is 24.5 Å². The second kappa shape index (κ2) is 8.49. The summed E-state index contributed by atoms with van der Waals surface area (Å²) in [6, 6.07) is 3.95. The van der Waals surface area contributed by atoms with Crippen molar-refractivity contribution >= 4 is 17.5 Å². The van der Waals surface area contributed by atoms with Crippen molar-refractivity contribution in [2.45, 2.75) is 63.6 Å². The van der Waals surface area contributed by atoms with Gasteiger partial charge in [-0.2, -0.15) is 0 Å². The molecule has 1 heterocycles. The van der Waals surface area contributed by atoms with Gasteiger partial charge in [0.15, 0.2) is 17.5 Å². The Kier molecular flexibility index (Phi) is 5.78. The number of hydrogen-bond acceptors (Lipinski definition) is 5. The van der Waals surface area contributed by atoms with Gasteiger partial charge < -0.3 is 16.0 Å². The normalized spacial score (nSPS) is 21.2. The maximum Gasteiger partial charge on any atom is 0.251 e. The maximum atomic E-state index is 13.3. The molecule has 0 saturated heterocycles. The first-order valence-corrected chi connectivity index (χ1v) is 10.2. The third kappa shape index (κ3) is 5.01. The van der Waals surface area contributed by atoms with Crippen molar-refractivity contribution in [2.24, 2.45) is 0 Å². The third-order valence-corrected chi connectivity index (χ3v) is 5.43.